The Kier molecular flexibility index (Phi) is 9.14. The maximum absolute atomic E-state index is 3.26. The molecule has 0 saturated carbocycles. The molecule has 14 heavy (non-hydrogen) atoms. The summed E-state index contributed by atoms with van der Waals surface area (Å²) in [5, 5.41) is 9.13. The molecule has 0 spiro atoms. The fraction of sp³-hybridized carbons (Fsp3) is 0.400. The molecule has 0 atom stereocenters. The molecule has 0 radical (unpaired) electrons. The summed E-state index contributed by atoms with van der Waals surface area (Å²) in [6.07, 6.45) is 5.93. The molecule has 0 aliphatic heterocycles. The molecule has 0 aromatic rings. The third kappa shape index (κ3) is 6.91. The molecule has 0 amide bonds. The van der Waals surface area contributed by atoms with Gasteiger partial charge in [-0.3, -0.25) is 0 Å². The van der Waals surface area contributed by atoms with Gasteiger partial charge in [0, 0.05) is 0 Å². The van der Waals surface area contributed by atoms with E-state index in [0.29, 0.717) is 0 Å². The Morgan fingerprint density at radius 3 is 1.21 bits per heavy atom. The van der Waals surface area contributed by atoms with Crippen molar-refractivity contribution >= 4 is 53.7 Å². The van der Waals surface area contributed by atoms with Crippen molar-refractivity contribution in [1.82, 2.24) is 0 Å². The van der Waals surface area contributed by atoms with Gasteiger partial charge in [0.2, 0.25) is 0 Å². The Bertz CT molecular complexity index is 288. The van der Waals surface area contributed by atoms with Crippen molar-refractivity contribution in [1.29, 1.82) is 0 Å². The molecule has 0 nitrogen and oxygen atoms in total. The van der Waals surface area contributed by atoms with Gasteiger partial charge in [0.25, 0.3) is 0 Å². The van der Waals surface area contributed by atoms with Crippen molar-refractivity contribution in [2.24, 2.45) is 0 Å². The van der Waals surface area contributed by atoms with E-state index in [1.165, 1.54) is 35.3 Å². The van der Waals surface area contributed by atoms with Gasteiger partial charge in [0.1, 0.15) is 0 Å². The van der Waals surface area contributed by atoms with Crippen LogP contribution in [0.5, 0.6) is 0 Å². The molecule has 0 saturated heterocycles. The van der Waals surface area contributed by atoms with Gasteiger partial charge in [-0.15, -0.1) is 0 Å². The summed E-state index contributed by atoms with van der Waals surface area (Å²) in [6, 6.07) is 0. The first-order valence-corrected chi connectivity index (χ1v) is 14.6. The van der Waals surface area contributed by atoms with Crippen LogP contribution in [-0.4, -0.2) is 37.1 Å². The van der Waals surface area contributed by atoms with Crippen molar-refractivity contribution in [2.75, 3.05) is 18.8 Å². The van der Waals surface area contributed by atoms with Crippen molar-refractivity contribution in [3.05, 3.63) is 0 Å². The zero-order valence-corrected chi connectivity index (χ0v) is 14.0. The van der Waals surface area contributed by atoms with Crippen molar-refractivity contribution in [3.8, 4) is 27.6 Å². The van der Waals surface area contributed by atoms with Gasteiger partial charge in [-0.25, -0.2) is 0 Å². The minimum atomic E-state index is -2.71. The second-order valence-electron chi connectivity index (χ2n) is 2.42. The molecular weight excluding hydrogens is 335 g/mol. The molecule has 0 aliphatic carbocycles. The second kappa shape index (κ2) is 8.81. The SMILES string of the molecule is CSC#[C][Sn]([CH3])([C]#CSC)[C]#CSC. The Labute approximate surface area is 104 Å². The molecule has 0 aromatic heterocycles. The number of thioether (sulfide) groups is 3. The van der Waals surface area contributed by atoms with Crippen molar-refractivity contribution < 1.29 is 0 Å². The third-order valence-electron chi connectivity index (χ3n) is 1.21. The van der Waals surface area contributed by atoms with Gasteiger partial charge in [0.15, 0.2) is 0 Å². The van der Waals surface area contributed by atoms with Crippen molar-refractivity contribution in [3.63, 3.8) is 0 Å². The van der Waals surface area contributed by atoms with Gasteiger partial charge >= 0.3 is 105 Å². The summed E-state index contributed by atoms with van der Waals surface area (Å²) in [4.78, 5) is 2.16. The molecule has 0 fully saturated rings. The zero-order chi connectivity index (χ0) is 10.9. The van der Waals surface area contributed by atoms with Gasteiger partial charge in [0.05, 0.1) is 0 Å². The molecule has 0 aliphatic rings. The molecule has 4 heteroatoms. The standard InChI is InChI=1S/3C3H3S.CH3.Sn/c3*1-3-4-2;;/h3*2H3;1H3;. The summed E-state index contributed by atoms with van der Waals surface area (Å²) in [5.41, 5.74) is 0. The summed E-state index contributed by atoms with van der Waals surface area (Å²) in [6.45, 7) is 0. The molecule has 0 unspecified atom stereocenters. The normalized spacial score (nSPS) is 8.57. The summed E-state index contributed by atoms with van der Waals surface area (Å²) >= 11 is 1.90. The van der Waals surface area contributed by atoms with Crippen molar-refractivity contribution in [2.45, 2.75) is 4.94 Å². The van der Waals surface area contributed by atoms with Crippen LogP contribution in [0.1, 0.15) is 0 Å². The van der Waals surface area contributed by atoms with Crippen LogP contribution in [0, 0.1) is 27.6 Å². The average Bonchev–Trinajstić information content (AvgIpc) is 2.21. The topological polar surface area (TPSA) is 0 Å². The first-order chi connectivity index (χ1) is 6.68. The van der Waals surface area contributed by atoms with Gasteiger partial charge in [-0.05, 0) is 0 Å². The Morgan fingerprint density at radius 2 is 1.00 bits per heavy atom. The van der Waals surface area contributed by atoms with Gasteiger partial charge in [-0.1, -0.05) is 0 Å². The fourth-order valence-electron chi connectivity index (χ4n) is 0.553. The summed E-state index contributed by atoms with van der Waals surface area (Å²) in [5.74, 6) is 0. The number of hydrogen-bond acceptors (Lipinski definition) is 3. The molecule has 74 valence electrons. The second-order valence-corrected chi connectivity index (χ2v) is 12.8. The van der Waals surface area contributed by atoms with E-state index in [1.54, 1.807) is 0 Å². The van der Waals surface area contributed by atoms with Crippen LogP contribution in [0.25, 0.3) is 0 Å². The molecule has 0 N–H and O–H groups in total. The van der Waals surface area contributed by atoms with E-state index in [-0.39, 0.29) is 0 Å². The molecule has 0 aromatic carbocycles. The van der Waals surface area contributed by atoms with E-state index in [4.69, 9.17) is 0 Å². The molecule has 0 bridgehead atoms. The van der Waals surface area contributed by atoms with Crippen LogP contribution in [-0.2, 0) is 0 Å². The Morgan fingerprint density at radius 1 is 0.714 bits per heavy atom. The van der Waals surface area contributed by atoms with Crippen LogP contribution in [0.15, 0.2) is 0 Å². The Balaban J connectivity index is 4.84. The first-order valence-electron chi connectivity index (χ1n) is 3.84. The van der Waals surface area contributed by atoms with Crippen LogP contribution in [0.2, 0.25) is 4.94 Å². The minimum absolute atomic E-state index is 1.54. The van der Waals surface area contributed by atoms with Crippen LogP contribution in [0.4, 0.5) is 0 Å². The number of rotatable bonds is 0. The van der Waals surface area contributed by atoms with Gasteiger partial charge in [-0.2, -0.15) is 0 Å². The average molecular weight is 347 g/mol. The summed E-state index contributed by atoms with van der Waals surface area (Å²) < 4.78 is 9.79. The van der Waals surface area contributed by atoms with Crippen LogP contribution < -0.4 is 0 Å². The first kappa shape index (κ1) is 14.5. The predicted molar refractivity (Wildman–Crippen MR) is 75.5 cm³/mol. The fourth-order valence-corrected chi connectivity index (χ4v) is 9.87. The zero-order valence-electron chi connectivity index (χ0n) is 8.72. The van der Waals surface area contributed by atoms with Crippen LogP contribution in [0.3, 0.4) is 0 Å². The maximum atomic E-state index is 3.26. The van der Waals surface area contributed by atoms with E-state index in [0.717, 1.165) is 0 Å². The van der Waals surface area contributed by atoms with E-state index >= 15 is 0 Å². The monoisotopic (exact) mass is 348 g/mol. The summed E-state index contributed by atoms with van der Waals surface area (Å²) in [7, 11) is 0. The van der Waals surface area contributed by atoms with Gasteiger partial charge < -0.3 is 0 Å². The van der Waals surface area contributed by atoms with E-state index in [2.05, 4.69) is 32.5 Å². The van der Waals surface area contributed by atoms with E-state index in [9.17, 15) is 0 Å². The molecular formula is C10H12S3Sn. The van der Waals surface area contributed by atoms with E-state index in [1.807, 2.05) is 18.8 Å². The Hall–Kier alpha value is 0.529. The van der Waals surface area contributed by atoms with Crippen LogP contribution >= 0.6 is 35.3 Å². The van der Waals surface area contributed by atoms with E-state index < -0.39 is 18.4 Å². The third-order valence-corrected chi connectivity index (χ3v) is 9.03. The predicted octanol–water partition coefficient (Wildman–Crippen LogP) is 2.65. The number of hydrogen-bond donors (Lipinski definition) is 0. The molecule has 0 heterocycles. The quantitative estimate of drug-likeness (QED) is 0.489. The molecule has 0 rings (SSSR count).